The summed E-state index contributed by atoms with van der Waals surface area (Å²) in [6.45, 7) is 2.22. The Hall–Kier alpha value is -0.860. The van der Waals surface area contributed by atoms with Gasteiger partial charge in [-0.25, -0.2) is 0 Å². The van der Waals surface area contributed by atoms with Crippen molar-refractivity contribution in [2.45, 2.75) is 18.9 Å². The third-order valence-electron chi connectivity index (χ3n) is 3.03. The van der Waals surface area contributed by atoms with Crippen LogP contribution in [0.3, 0.4) is 0 Å². The minimum Gasteiger partial charge on any atom is -0.324 e. The predicted molar refractivity (Wildman–Crippen MR) is 59.0 cm³/mol. The van der Waals surface area contributed by atoms with Crippen molar-refractivity contribution in [3.8, 4) is 0 Å². The lowest BCUT2D eigenvalue weighted by atomic mass is 9.88. The standard InChI is InChI=1S/C12H18N2/c13-12(10-5-2-1-3-6-10)11-7-4-8-14-9-11/h1-3,5-6,11-12,14H,4,7-9,13H2. The van der Waals surface area contributed by atoms with Gasteiger partial charge in [0.15, 0.2) is 0 Å². The Labute approximate surface area is 85.5 Å². The maximum Gasteiger partial charge on any atom is 0.0335 e. The Morgan fingerprint density at radius 1 is 1.29 bits per heavy atom. The first-order valence-electron chi connectivity index (χ1n) is 5.39. The summed E-state index contributed by atoms with van der Waals surface area (Å²) in [5.41, 5.74) is 7.49. The molecule has 1 heterocycles. The lowest BCUT2D eigenvalue weighted by Crippen LogP contribution is -2.36. The van der Waals surface area contributed by atoms with Crippen molar-refractivity contribution in [3.05, 3.63) is 35.9 Å². The van der Waals surface area contributed by atoms with Gasteiger partial charge in [-0.3, -0.25) is 0 Å². The van der Waals surface area contributed by atoms with Crippen LogP contribution in [0.5, 0.6) is 0 Å². The summed E-state index contributed by atoms with van der Waals surface area (Å²) in [7, 11) is 0. The highest BCUT2D eigenvalue weighted by atomic mass is 14.9. The van der Waals surface area contributed by atoms with E-state index in [0.29, 0.717) is 5.92 Å². The molecule has 0 saturated carbocycles. The van der Waals surface area contributed by atoms with Crippen LogP contribution >= 0.6 is 0 Å². The van der Waals surface area contributed by atoms with Gasteiger partial charge in [-0.2, -0.15) is 0 Å². The molecule has 0 amide bonds. The summed E-state index contributed by atoms with van der Waals surface area (Å²) < 4.78 is 0. The zero-order valence-electron chi connectivity index (χ0n) is 8.45. The fourth-order valence-electron chi connectivity index (χ4n) is 2.13. The van der Waals surface area contributed by atoms with E-state index in [-0.39, 0.29) is 6.04 Å². The van der Waals surface area contributed by atoms with Gasteiger partial charge in [-0.05, 0) is 37.4 Å². The van der Waals surface area contributed by atoms with Gasteiger partial charge in [-0.15, -0.1) is 0 Å². The third-order valence-corrected chi connectivity index (χ3v) is 3.03. The molecule has 2 nitrogen and oxygen atoms in total. The lowest BCUT2D eigenvalue weighted by Gasteiger charge is -2.28. The molecule has 0 radical (unpaired) electrons. The first-order chi connectivity index (χ1) is 6.88. The molecule has 0 spiro atoms. The molecule has 1 fully saturated rings. The van der Waals surface area contributed by atoms with Crippen LogP contribution in [0.1, 0.15) is 24.4 Å². The topological polar surface area (TPSA) is 38.0 Å². The van der Waals surface area contributed by atoms with Crippen LogP contribution < -0.4 is 11.1 Å². The van der Waals surface area contributed by atoms with Crippen LogP contribution in [0.25, 0.3) is 0 Å². The van der Waals surface area contributed by atoms with Crippen molar-refractivity contribution < 1.29 is 0 Å². The number of rotatable bonds is 2. The average Bonchev–Trinajstić information content (AvgIpc) is 2.30. The van der Waals surface area contributed by atoms with Crippen molar-refractivity contribution >= 4 is 0 Å². The molecule has 2 unspecified atom stereocenters. The summed E-state index contributed by atoms with van der Waals surface area (Å²) in [4.78, 5) is 0. The van der Waals surface area contributed by atoms with E-state index in [2.05, 4.69) is 29.6 Å². The highest BCUT2D eigenvalue weighted by molar-refractivity contribution is 5.19. The molecule has 1 aromatic carbocycles. The van der Waals surface area contributed by atoms with E-state index in [1.807, 2.05) is 6.07 Å². The molecule has 2 heteroatoms. The van der Waals surface area contributed by atoms with E-state index in [0.717, 1.165) is 13.1 Å². The summed E-state index contributed by atoms with van der Waals surface area (Å²) >= 11 is 0. The molecule has 1 saturated heterocycles. The predicted octanol–water partition coefficient (Wildman–Crippen LogP) is 1.69. The molecule has 0 bridgehead atoms. The Morgan fingerprint density at radius 3 is 2.71 bits per heavy atom. The smallest absolute Gasteiger partial charge is 0.0335 e. The highest BCUT2D eigenvalue weighted by Gasteiger charge is 2.20. The molecule has 3 N–H and O–H groups in total. The largest absolute Gasteiger partial charge is 0.324 e. The summed E-state index contributed by atoms with van der Waals surface area (Å²) in [5, 5.41) is 3.41. The monoisotopic (exact) mass is 190 g/mol. The van der Waals surface area contributed by atoms with Gasteiger partial charge in [0, 0.05) is 6.04 Å². The first kappa shape index (κ1) is 9.69. The maximum absolute atomic E-state index is 6.23. The molecule has 2 atom stereocenters. The molecular formula is C12H18N2. The Morgan fingerprint density at radius 2 is 2.07 bits per heavy atom. The van der Waals surface area contributed by atoms with Crippen LogP contribution in [-0.4, -0.2) is 13.1 Å². The molecule has 1 aromatic rings. The van der Waals surface area contributed by atoms with Gasteiger partial charge < -0.3 is 11.1 Å². The SMILES string of the molecule is NC(c1ccccc1)C1CCCNC1. The van der Waals surface area contributed by atoms with Crippen LogP contribution in [0, 0.1) is 5.92 Å². The Balaban J connectivity index is 2.03. The van der Waals surface area contributed by atoms with Crippen molar-refractivity contribution in [1.29, 1.82) is 0 Å². The van der Waals surface area contributed by atoms with E-state index in [9.17, 15) is 0 Å². The Bertz CT molecular complexity index is 265. The number of piperidine rings is 1. The number of hydrogen-bond acceptors (Lipinski definition) is 2. The second-order valence-corrected chi connectivity index (χ2v) is 4.04. The van der Waals surface area contributed by atoms with E-state index < -0.39 is 0 Å². The number of benzene rings is 1. The molecule has 0 aromatic heterocycles. The van der Waals surface area contributed by atoms with E-state index in [1.54, 1.807) is 0 Å². The normalized spacial score (nSPS) is 24.5. The quantitative estimate of drug-likeness (QED) is 0.744. The van der Waals surface area contributed by atoms with Crippen LogP contribution in [-0.2, 0) is 0 Å². The number of nitrogens with one attached hydrogen (secondary N) is 1. The van der Waals surface area contributed by atoms with Gasteiger partial charge in [0.25, 0.3) is 0 Å². The maximum atomic E-state index is 6.23. The summed E-state index contributed by atoms with van der Waals surface area (Å²) in [6.07, 6.45) is 2.51. The molecule has 2 rings (SSSR count). The van der Waals surface area contributed by atoms with Gasteiger partial charge in [0.2, 0.25) is 0 Å². The van der Waals surface area contributed by atoms with Crippen LogP contribution in [0.4, 0.5) is 0 Å². The molecule has 76 valence electrons. The third kappa shape index (κ3) is 2.14. The minimum atomic E-state index is 0.198. The van der Waals surface area contributed by atoms with Crippen molar-refractivity contribution in [2.75, 3.05) is 13.1 Å². The zero-order chi connectivity index (χ0) is 9.80. The van der Waals surface area contributed by atoms with Crippen molar-refractivity contribution in [3.63, 3.8) is 0 Å². The molecule has 1 aliphatic rings. The summed E-state index contributed by atoms with van der Waals surface area (Å²) in [5.74, 6) is 0.603. The van der Waals surface area contributed by atoms with Gasteiger partial charge in [0.05, 0.1) is 0 Å². The Kier molecular flexibility index (Phi) is 3.17. The van der Waals surface area contributed by atoms with E-state index in [4.69, 9.17) is 5.73 Å². The minimum absolute atomic E-state index is 0.198. The van der Waals surface area contributed by atoms with Crippen LogP contribution in [0.2, 0.25) is 0 Å². The van der Waals surface area contributed by atoms with Crippen molar-refractivity contribution in [2.24, 2.45) is 11.7 Å². The van der Waals surface area contributed by atoms with Gasteiger partial charge in [0.1, 0.15) is 0 Å². The average molecular weight is 190 g/mol. The molecule has 0 aliphatic carbocycles. The molecule has 14 heavy (non-hydrogen) atoms. The van der Waals surface area contributed by atoms with Gasteiger partial charge >= 0.3 is 0 Å². The second-order valence-electron chi connectivity index (χ2n) is 4.04. The zero-order valence-corrected chi connectivity index (χ0v) is 8.45. The fourth-order valence-corrected chi connectivity index (χ4v) is 2.13. The first-order valence-corrected chi connectivity index (χ1v) is 5.39. The van der Waals surface area contributed by atoms with E-state index >= 15 is 0 Å². The highest BCUT2D eigenvalue weighted by Crippen LogP contribution is 2.24. The fraction of sp³-hybridized carbons (Fsp3) is 0.500. The van der Waals surface area contributed by atoms with E-state index in [1.165, 1.54) is 18.4 Å². The number of hydrogen-bond donors (Lipinski definition) is 2. The van der Waals surface area contributed by atoms with Gasteiger partial charge in [-0.1, -0.05) is 30.3 Å². The number of nitrogens with two attached hydrogens (primary N) is 1. The molecule has 1 aliphatic heterocycles. The van der Waals surface area contributed by atoms with Crippen LogP contribution in [0.15, 0.2) is 30.3 Å². The summed E-state index contributed by atoms with van der Waals surface area (Å²) in [6, 6.07) is 10.6. The van der Waals surface area contributed by atoms with Crippen molar-refractivity contribution in [1.82, 2.24) is 5.32 Å². The molecular weight excluding hydrogens is 172 g/mol. The lowest BCUT2D eigenvalue weighted by molar-refractivity contribution is 0.326. The second kappa shape index (κ2) is 4.58.